The quantitative estimate of drug-likeness (QED) is 0.503. The molecule has 2 saturated heterocycles. The third kappa shape index (κ3) is 1.39. The molecule has 5 heteroatoms. The molecule has 0 aromatic heterocycles. The number of nitrogens with zero attached hydrogens (tertiary/aromatic N) is 1. The smallest absolute Gasteiger partial charge is 0.239 e. The summed E-state index contributed by atoms with van der Waals surface area (Å²) >= 11 is 0. The van der Waals surface area contributed by atoms with E-state index in [0.29, 0.717) is 13.2 Å². The maximum absolute atomic E-state index is 11.6. The lowest BCUT2D eigenvalue weighted by molar-refractivity contribution is -0.135. The van der Waals surface area contributed by atoms with E-state index < -0.39 is 0 Å². The van der Waals surface area contributed by atoms with Crippen LogP contribution in [0, 0.1) is 5.92 Å². The molecule has 0 bridgehead atoms. The molecule has 0 aromatic carbocycles. The fourth-order valence-corrected chi connectivity index (χ4v) is 1.77. The maximum Gasteiger partial charge on any atom is 0.239 e. The SMILES string of the molecule is CN1CC(=O)NC2COCC2C1=O. The second-order valence-corrected chi connectivity index (χ2v) is 3.51. The minimum Gasteiger partial charge on any atom is -0.378 e. The molecule has 0 aromatic rings. The first-order valence-corrected chi connectivity index (χ1v) is 4.30. The largest absolute Gasteiger partial charge is 0.378 e. The lowest BCUT2D eigenvalue weighted by Gasteiger charge is -2.16. The average Bonchev–Trinajstić information content (AvgIpc) is 2.47. The van der Waals surface area contributed by atoms with Gasteiger partial charge in [0.05, 0.1) is 31.7 Å². The van der Waals surface area contributed by atoms with Crippen LogP contribution in [0.2, 0.25) is 0 Å². The summed E-state index contributed by atoms with van der Waals surface area (Å²) in [7, 11) is 1.64. The van der Waals surface area contributed by atoms with Gasteiger partial charge in [-0.3, -0.25) is 9.59 Å². The van der Waals surface area contributed by atoms with Gasteiger partial charge in [-0.15, -0.1) is 0 Å². The fraction of sp³-hybridized carbons (Fsp3) is 0.750. The number of hydrogen-bond acceptors (Lipinski definition) is 3. The Hall–Kier alpha value is -1.10. The minimum absolute atomic E-state index is 0.000787. The van der Waals surface area contributed by atoms with Gasteiger partial charge in [0.2, 0.25) is 11.8 Å². The number of hydrogen-bond donors (Lipinski definition) is 1. The van der Waals surface area contributed by atoms with Crippen molar-refractivity contribution in [1.82, 2.24) is 10.2 Å². The van der Waals surface area contributed by atoms with Crippen molar-refractivity contribution >= 4 is 11.8 Å². The van der Waals surface area contributed by atoms with Gasteiger partial charge in [-0.25, -0.2) is 0 Å². The van der Waals surface area contributed by atoms with Crippen LogP contribution in [0.25, 0.3) is 0 Å². The van der Waals surface area contributed by atoms with E-state index in [1.54, 1.807) is 7.05 Å². The Balaban J connectivity index is 2.21. The Labute approximate surface area is 76.0 Å². The van der Waals surface area contributed by atoms with Gasteiger partial charge in [0, 0.05) is 7.05 Å². The Bertz CT molecular complexity index is 254. The predicted molar refractivity (Wildman–Crippen MR) is 43.9 cm³/mol. The average molecular weight is 184 g/mol. The van der Waals surface area contributed by atoms with E-state index in [0.717, 1.165) is 0 Å². The Kier molecular flexibility index (Phi) is 1.95. The number of carbonyl (C=O) groups is 2. The number of carbonyl (C=O) groups excluding carboxylic acids is 2. The number of ether oxygens (including phenoxy) is 1. The summed E-state index contributed by atoms with van der Waals surface area (Å²) in [6, 6.07) is -0.120. The van der Waals surface area contributed by atoms with Crippen LogP contribution in [0.1, 0.15) is 0 Å². The van der Waals surface area contributed by atoms with Crippen molar-refractivity contribution in [3.63, 3.8) is 0 Å². The van der Waals surface area contributed by atoms with Gasteiger partial charge in [0.15, 0.2) is 0 Å². The normalized spacial score (nSPS) is 34.1. The lowest BCUT2D eigenvalue weighted by Crippen LogP contribution is -2.40. The lowest BCUT2D eigenvalue weighted by atomic mass is 10.0. The highest BCUT2D eigenvalue weighted by Crippen LogP contribution is 2.18. The molecule has 2 heterocycles. The van der Waals surface area contributed by atoms with E-state index in [1.807, 2.05) is 0 Å². The van der Waals surface area contributed by atoms with Crippen molar-refractivity contribution in [3.05, 3.63) is 0 Å². The highest BCUT2D eigenvalue weighted by atomic mass is 16.5. The van der Waals surface area contributed by atoms with E-state index in [-0.39, 0.29) is 30.3 Å². The van der Waals surface area contributed by atoms with Gasteiger partial charge < -0.3 is 15.0 Å². The summed E-state index contributed by atoms with van der Waals surface area (Å²) in [5, 5.41) is 2.78. The zero-order valence-electron chi connectivity index (χ0n) is 7.45. The molecule has 13 heavy (non-hydrogen) atoms. The first kappa shape index (κ1) is 8.50. The van der Waals surface area contributed by atoms with Crippen LogP contribution < -0.4 is 5.32 Å². The molecule has 2 amide bonds. The van der Waals surface area contributed by atoms with Crippen LogP contribution in [0.15, 0.2) is 0 Å². The van der Waals surface area contributed by atoms with Crippen molar-refractivity contribution in [1.29, 1.82) is 0 Å². The molecular weight excluding hydrogens is 172 g/mol. The van der Waals surface area contributed by atoms with Crippen LogP contribution in [0.3, 0.4) is 0 Å². The van der Waals surface area contributed by atoms with E-state index in [2.05, 4.69) is 5.32 Å². The molecule has 2 aliphatic heterocycles. The minimum atomic E-state index is -0.184. The molecule has 2 atom stereocenters. The van der Waals surface area contributed by atoms with Crippen LogP contribution >= 0.6 is 0 Å². The monoisotopic (exact) mass is 184 g/mol. The summed E-state index contributed by atoms with van der Waals surface area (Å²) in [5.74, 6) is -0.286. The molecule has 0 radical (unpaired) electrons. The van der Waals surface area contributed by atoms with E-state index >= 15 is 0 Å². The number of nitrogens with one attached hydrogen (secondary N) is 1. The van der Waals surface area contributed by atoms with Crippen molar-refractivity contribution in [2.75, 3.05) is 26.8 Å². The molecule has 2 unspecified atom stereocenters. The predicted octanol–water partition coefficient (Wildman–Crippen LogP) is -1.41. The maximum atomic E-state index is 11.6. The van der Waals surface area contributed by atoms with E-state index in [9.17, 15) is 9.59 Å². The molecule has 2 aliphatic rings. The number of amides is 2. The topological polar surface area (TPSA) is 58.6 Å². The van der Waals surface area contributed by atoms with Crippen molar-refractivity contribution < 1.29 is 14.3 Å². The Morgan fingerprint density at radius 2 is 2.23 bits per heavy atom. The highest BCUT2D eigenvalue weighted by Gasteiger charge is 2.39. The van der Waals surface area contributed by atoms with Crippen LogP contribution in [-0.2, 0) is 14.3 Å². The molecule has 1 N–H and O–H groups in total. The van der Waals surface area contributed by atoms with Crippen LogP contribution in [-0.4, -0.2) is 49.6 Å². The van der Waals surface area contributed by atoms with Gasteiger partial charge in [0.1, 0.15) is 0 Å². The third-order valence-corrected chi connectivity index (χ3v) is 2.50. The first-order chi connectivity index (χ1) is 6.18. The molecular formula is C8H12N2O3. The van der Waals surface area contributed by atoms with Crippen molar-refractivity contribution in [2.45, 2.75) is 6.04 Å². The zero-order valence-corrected chi connectivity index (χ0v) is 7.45. The van der Waals surface area contributed by atoms with Gasteiger partial charge in [-0.2, -0.15) is 0 Å². The molecule has 72 valence electrons. The molecule has 0 saturated carbocycles. The number of fused-ring (bicyclic) bond motifs is 1. The van der Waals surface area contributed by atoms with Crippen molar-refractivity contribution in [3.8, 4) is 0 Å². The van der Waals surface area contributed by atoms with Gasteiger partial charge in [0.25, 0.3) is 0 Å². The van der Waals surface area contributed by atoms with Gasteiger partial charge in [-0.1, -0.05) is 0 Å². The van der Waals surface area contributed by atoms with Gasteiger partial charge >= 0.3 is 0 Å². The zero-order chi connectivity index (χ0) is 9.42. The third-order valence-electron chi connectivity index (χ3n) is 2.50. The summed E-state index contributed by atoms with van der Waals surface area (Å²) in [6.45, 7) is 1.04. The second-order valence-electron chi connectivity index (χ2n) is 3.51. The molecule has 2 fully saturated rings. The van der Waals surface area contributed by atoms with E-state index in [1.165, 1.54) is 4.90 Å². The summed E-state index contributed by atoms with van der Waals surface area (Å²) in [6.07, 6.45) is 0. The fourth-order valence-electron chi connectivity index (χ4n) is 1.77. The van der Waals surface area contributed by atoms with Crippen LogP contribution in [0.4, 0.5) is 0 Å². The first-order valence-electron chi connectivity index (χ1n) is 4.30. The number of rotatable bonds is 0. The molecule has 0 aliphatic carbocycles. The van der Waals surface area contributed by atoms with Gasteiger partial charge in [-0.05, 0) is 0 Å². The molecule has 0 spiro atoms. The number of likely N-dealkylation sites (N-methyl/N-ethyl adjacent to an activating group) is 1. The Morgan fingerprint density at radius 3 is 3.00 bits per heavy atom. The summed E-state index contributed by atoms with van der Waals surface area (Å²) in [5.41, 5.74) is 0. The van der Waals surface area contributed by atoms with Crippen LogP contribution in [0.5, 0.6) is 0 Å². The van der Waals surface area contributed by atoms with Crippen molar-refractivity contribution in [2.24, 2.45) is 5.92 Å². The summed E-state index contributed by atoms with van der Waals surface area (Å²) < 4.78 is 5.15. The Morgan fingerprint density at radius 1 is 1.46 bits per heavy atom. The highest BCUT2D eigenvalue weighted by molar-refractivity contribution is 5.89. The van der Waals surface area contributed by atoms with E-state index in [4.69, 9.17) is 4.74 Å². The summed E-state index contributed by atoms with van der Waals surface area (Å²) in [4.78, 5) is 24.3. The standard InChI is InChI=1S/C8H12N2O3/c1-10-2-7(11)9-6-4-13-3-5(6)8(10)12/h5-6H,2-4H2,1H3,(H,9,11). The second kappa shape index (κ2) is 2.99. The molecule has 5 nitrogen and oxygen atoms in total. The molecule has 2 rings (SSSR count).